The van der Waals surface area contributed by atoms with Crippen LogP contribution in [0.4, 0.5) is 4.39 Å². The van der Waals surface area contributed by atoms with E-state index < -0.39 is 0 Å². The van der Waals surface area contributed by atoms with Crippen molar-refractivity contribution in [1.82, 2.24) is 4.90 Å². The second-order valence-corrected chi connectivity index (χ2v) is 4.54. The van der Waals surface area contributed by atoms with Crippen molar-refractivity contribution < 1.29 is 9.13 Å². The summed E-state index contributed by atoms with van der Waals surface area (Å²) < 4.78 is 18.6. The van der Waals surface area contributed by atoms with E-state index in [4.69, 9.17) is 10.5 Å². The number of nitrogens with zero attached hydrogens (tertiary/aromatic N) is 1. The zero-order valence-corrected chi connectivity index (χ0v) is 11.4. The molecule has 3 nitrogen and oxygen atoms in total. The van der Waals surface area contributed by atoms with Gasteiger partial charge in [0.15, 0.2) is 0 Å². The average molecular weight is 254 g/mol. The minimum Gasteiger partial charge on any atom is -0.383 e. The number of rotatable bonds is 7. The summed E-state index contributed by atoms with van der Waals surface area (Å²) in [6.45, 7) is 6.85. The van der Waals surface area contributed by atoms with Crippen LogP contribution in [-0.4, -0.2) is 31.2 Å². The molecule has 0 bridgehead atoms. The van der Waals surface area contributed by atoms with Crippen LogP contribution in [0.2, 0.25) is 0 Å². The number of ether oxygens (including phenoxy) is 1. The van der Waals surface area contributed by atoms with Crippen molar-refractivity contribution in [3.63, 3.8) is 0 Å². The summed E-state index contributed by atoms with van der Waals surface area (Å²) in [5.41, 5.74) is 7.35. The molecule has 0 amide bonds. The summed E-state index contributed by atoms with van der Waals surface area (Å²) in [4.78, 5) is 2.25. The maximum absolute atomic E-state index is 13.4. The van der Waals surface area contributed by atoms with Crippen LogP contribution in [0.5, 0.6) is 0 Å². The molecule has 0 aromatic heterocycles. The maximum Gasteiger partial charge on any atom is 0.123 e. The highest BCUT2D eigenvalue weighted by molar-refractivity contribution is 5.24. The van der Waals surface area contributed by atoms with Crippen LogP contribution < -0.4 is 5.73 Å². The molecule has 1 aromatic rings. The van der Waals surface area contributed by atoms with Crippen molar-refractivity contribution >= 4 is 0 Å². The molecule has 2 N–H and O–H groups in total. The summed E-state index contributed by atoms with van der Waals surface area (Å²) >= 11 is 0. The Kier molecular flexibility index (Phi) is 6.25. The molecule has 18 heavy (non-hydrogen) atoms. The molecule has 0 heterocycles. The second-order valence-electron chi connectivity index (χ2n) is 4.54. The fourth-order valence-electron chi connectivity index (χ4n) is 2.09. The minimum atomic E-state index is -0.219. The molecule has 0 spiro atoms. The molecule has 0 saturated heterocycles. The van der Waals surface area contributed by atoms with Gasteiger partial charge < -0.3 is 10.5 Å². The number of nitrogens with two attached hydrogens (primary N) is 1. The van der Waals surface area contributed by atoms with Gasteiger partial charge >= 0.3 is 0 Å². The van der Waals surface area contributed by atoms with E-state index in [1.165, 1.54) is 6.07 Å². The average Bonchev–Trinajstić information content (AvgIpc) is 2.35. The van der Waals surface area contributed by atoms with Crippen molar-refractivity contribution in [2.45, 2.75) is 33.0 Å². The third kappa shape index (κ3) is 4.37. The van der Waals surface area contributed by atoms with E-state index >= 15 is 0 Å². The Balaban J connectivity index is 2.77. The molecule has 1 unspecified atom stereocenters. The first-order chi connectivity index (χ1) is 8.60. The molecule has 4 heteroatoms. The second kappa shape index (κ2) is 7.46. The van der Waals surface area contributed by atoms with E-state index in [1.54, 1.807) is 13.2 Å². The highest BCUT2D eigenvalue weighted by atomic mass is 19.1. The first-order valence-corrected chi connectivity index (χ1v) is 6.32. The van der Waals surface area contributed by atoms with E-state index in [9.17, 15) is 4.39 Å². The molecule has 0 aliphatic carbocycles. The van der Waals surface area contributed by atoms with Crippen LogP contribution in [0.3, 0.4) is 0 Å². The maximum atomic E-state index is 13.4. The van der Waals surface area contributed by atoms with Gasteiger partial charge in [-0.25, -0.2) is 4.39 Å². The monoisotopic (exact) mass is 254 g/mol. The number of likely N-dealkylation sites (N-methyl/N-ethyl adjacent to an activating group) is 1. The van der Waals surface area contributed by atoms with Crippen LogP contribution in [0.1, 0.15) is 25.0 Å². The highest BCUT2D eigenvalue weighted by Gasteiger charge is 2.13. The Morgan fingerprint density at radius 1 is 1.33 bits per heavy atom. The summed E-state index contributed by atoms with van der Waals surface area (Å²) in [5, 5.41) is 0. The van der Waals surface area contributed by atoms with E-state index in [-0.39, 0.29) is 5.82 Å². The predicted octanol–water partition coefficient (Wildman–Crippen LogP) is 2.14. The van der Waals surface area contributed by atoms with Crippen molar-refractivity contribution in [3.05, 3.63) is 35.1 Å². The zero-order valence-electron chi connectivity index (χ0n) is 11.4. The fraction of sp³-hybridized carbons (Fsp3) is 0.571. The zero-order chi connectivity index (χ0) is 13.5. The molecule has 1 rings (SSSR count). The third-order valence-corrected chi connectivity index (χ3v) is 3.08. The quantitative estimate of drug-likeness (QED) is 0.810. The number of benzene rings is 1. The molecule has 1 atom stereocenters. The Hall–Kier alpha value is -0.970. The van der Waals surface area contributed by atoms with Crippen molar-refractivity contribution in [1.29, 1.82) is 0 Å². The van der Waals surface area contributed by atoms with E-state index in [2.05, 4.69) is 18.7 Å². The van der Waals surface area contributed by atoms with Crippen LogP contribution in [0.25, 0.3) is 0 Å². The minimum absolute atomic E-state index is 0.219. The van der Waals surface area contributed by atoms with Gasteiger partial charge in [0, 0.05) is 26.2 Å². The molecular formula is C14H23FN2O. The molecule has 102 valence electrons. The molecule has 0 radical (unpaired) electrons. The molecule has 1 aromatic carbocycles. The van der Waals surface area contributed by atoms with Gasteiger partial charge in [-0.1, -0.05) is 13.0 Å². The smallest absolute Gasteiger partial charge is 0.123 e. The third-order valence-electron chi connectivity index (χ3n) is 3.08. The summed E-state index contributed by atoms with van der Waals surface area (Å²) in [6.07, 6.45) is 0. The molecule has 0 saturated carbocycles. The van der Waals surface area contributed by atoms with Crippen LogP contribution in [0.15, 0.2) is 18.2 Å². The Morgan fingerprint density at radius 3 is 2.56 bits per heavy atom. The standard InChI is InChI=1S/C14H23FN2O/c1-4-17(11(2)10-18-3)9-13-5-12(8-16)6-14(15)7-13/h5-7,11H,4,8-10,16H2,1-3H3. The first-order valence-electron chi connectivity index (χ1n) is 6.32. The first kappa shape index (κ1) is 15.1. The van der Waals surface area contributed by atoms with Crippen LogP contribution >= 0.6 is 0 Å². The van der Waals surface area contributed by atoms with Gasteiger partial charge in [0.2, 0.25) is 0 Å². The lowest BCUT2D eigenvalue weighted by Crippen LogP contribution is -2.35. The number of halogens is 1. The SMILES string of the molecule is CCN(Cc1cc(F)cc(CN)c1)C(C)COC. The van der Waals surface area contributed by atoms with Crippen molar-refractivity contribution in [3.8, 4) is 0 Å². The molecule has 0 fully saturated rings. The summed E-state index contributed by atoms with van der Waals surface area (Å²) in [7, 11) is 1.69. The Bertz CT molecular complexity index is 371. The number of hydrogen-bond acceptors (Lipinski definition) is 3. The Morgan fingerprint density at radius 2 is 2.00 bits per heavy atom. The van der Waals surface area contributed by atoms with Gasteiger partial charge in [-0.3, -0.25) is 4.90 Å². The fourth-order valence-corrected chi connectivity index (χ4v) is 2.09. The van der Waals surface area contributed by atoms with E-state index in [1.807, 2.05) is 6.07 Å². The van der Waals surface area contributed by atoms with Gasteiger partial charge in [0.05, 0.1) is 6.61 Å². The van der Waals surface area contributed by atoms with Gasteiger partial charge in [0.1, 0.15) is 5.82 Å². The lowest BCUT2D eigenvalue weighted by atomic mass is 10.1. The van der Waals surface area contributed by atoms with E-state index in [0.717, 1.165) is 17.7 Å². The lowest BCUT2D eigenvalue weighted by molar-refractivity contribution is 0.0981. The van der Waals surface area contributed by atoms with Crippen molar-refractivity contribution in [2.75, 3.05) is 20.3 Å². The number of methoxy groups -OCH3 is 1. The van der Waals surface area contributed by atoms with Gasteiger partial charge in [0.25, 0.3) is 0 Å². The van der Waals surface area contributed by atoms with E-state index in [0.29, 0.717) is 25.7 Å². The number of hydrogen-bond donors (Lipinski definition) is 1. The predicted molar refractivity (Wildman–Crippen MR) is 71.7 cm³/mol. The van der Waals surface area contributed by atoms with Gasteiger partial charge in [-0.2, -0.15) is 0 Å². The van der Waals surface area contributed by atoms with Crippen LogP contribution in [-0.2, 0) is 17.8 Å². The van der Waals surface area contributed by atoms with Crippen LogP contribution in [0, 0.1) is 5.82 Å². The topological polar surface area (TPSA) is 38.5 Å². The lowest BCUT2D eigenvalue weighted by Gasteiger charge is -2.27. The molecular weight excluding hydrogens is 231 g/mol. The highest BCUT2D eigenvalue weighted by Crippen LogP contribution is 2.13. The Labute approximate surface area is 109 Å². The summed E-state index contributed by atoms with van der Waals surface area (Å²) in [5.74, 6) is -0.219. The van der Waals surface area contributed by atoms with Gasteiger partial charge in [-0.15, -0.1) is 0 Å². The largest absolute Gasteiger partial charge is 0.383 e. The van der Waals surface area contributed by atoms with Crippen molar-refractivity contribution in [2.24, 2.45) is 5.73 Å². The molecule has 0 aliphatic rings. The normalized spacial score (nSPS) is 13.0. The van der Waals surface area contributed by atoms with Gasteiger partial charge in [-0.05, 0) is 36.7 Å². The summed E-state index contributed by atoms with van der Waals surface area (Å²) in [6, 6.07) is 5.33. The molecule has 0 aliphatic heterocycles.